The van der Waals surface area contributed by atoms with E-state index in [2.05, 4.69) is 10.6 Å². The second-order valence-corrected chi connectivity index (χ2v) is 5.46. The summed E-state index contributed by atoms with van der Waals surface area (Å²) in [7, 11) is 1.59. The van der Waals surface area contributed by atoms with E-state index in [-0.39, 0.29) is 24.8 Å². The van der Waals surface area contributed by atoms with Gasteiger partial charge in [-0.25, -0.2) is 4.39 Å². The smallest absolute Gasteiger partial charge is 0.239 e. The van der Waals surface area contributed by atoms with Crippen molar-refractivity contribution < 1.29 is 23.5 Å². The van der Waals surface area contributed by atoms with Crippen molar-refractivity contribution >= 4 is 11.8 Å². The Balaban J connectivity index is 1.60. The first-order chi connectivity index (χ1) is 12.6. The van der Waals surface area contributed by atoms with Crippen molar-refractivity contribution in [2.75, 3.05) is 26.8 Å². The van der Waals surface area contributed by atoms with Crippen molar-refractivity contribution in [3.8, 4) is 11.5 Å². The molecule has 0 saturated carbocycles. The van der Waals surface area contributed by atoms with Gasteiger partial charge in [-0.2, -0.15) is 0 Å². The van der Waals surface area contributed by atoms with E-state index in [1.165, 1.54) is 18.2 Å². The number of halogens is 1. The molecule has 138 valence electrons. The van der Waals surface area contributed by atoms with Gasteiger partial charge in [-0.05, 0) is 42.0 Å². The van der Waals surface area contributed by atoms with Crippen LogP contribution in [-0.4, -0.2) is 38.6 Å². The van der Waals surface area contributed by atoms with Crippen LogP contribution in [0.3, 0.4) is 0 Å². The first-order valence-electron chi connectivity index (χ1n) is 8.11. The highest BCUT2D eigenvalue weighted by atomic mass is 19.1. The molecule has 2 amide bonds. The van der Waals surface area contributed by atoms with Gasteiger partial charge in [0.1, 0.15) is 23.9 Å². The van der Waals surface area contributed by atoms with Crippen LogP contribution in [-0.2, 0) is 16.0 Å². The van der Waals surface area contributed by atoms with Gasteiger partial charge < -0.3 is 20.1 Å². The molecule has 0 fully saturated rings. The van der Waals surface area contributed by atoms with Crippen LogP contribution >= 0.6 is 0 Å². The lowest BCUT2D eigenvalue weighted by Gasteiger charge is -2.09. The monoisotopic (exact) mass is 360 g/mol. The fourth-order valence-electron chi connectivity index (χ4n) is 2.17. The third-order valence-corrected chi connectivity index (χ3v) is 3.45. The summed E-state index contributed by atoms with van der Waals surface area (Å²) in [5.74, 6) is 0.337. The SMILES string of the molecule is COc1ccc(OCCNC(=O)CNC(=O)Cc2cccc(F)c2)cc1. The van der Waals surface area contributed by atoms with Crippen LogP contribution in [0.4, 0.5) is 4.39 Å². The average molecular weight is 360 g/mol. The van der Waals surface area contributed by atoms with Gasteiger partial charge in [-0.3, -0.25) is 9.59 Å². The summed E-state index contributed by atoms with van der Waals surface area (Å²) in [6.07, 6.45) is 0.0195. The van der Waals surface area contributed by atoms with E-state index in [4.69, 9.17) is 9.47 Å². The quantitative estimate of drug-likeness (QED) is 0.667. The lowest BCUT2D eigenvalue weighted by Crippen LogP contribution is -2.39. The molecular formula is C19H21FN2O4. The first-order valence-corrected chi connectivity index (χ1v) is 8.11. The summed E-state index contributed by atoms with van der Waals surface area (Å²) in [5, 5.41) is 5.13. The summed E-state index contributed by atoms with van der Waals surface area (Å²) >= 11 is 0. The van der Waals surface area contributed by atoms with E-state index >= 15 is 0 Å². The fourth-order valence-corrected chi connectivity index (χ4v) is 2.17. The predicted molar refractivity (Wildman–Crippen MR) is 94.6 cm³/mol. The van der Waals surface area contributed by atoms with Gasteiger partial charge in [0.05, 0.1) is 26.6 Å². The van der Waals surface area contributed by atoms with E-state index < -0.39 is 5.82 Å². The normalized spacial score (nSPS) is 10.1. The minimum absolute atomic E-state index is 0.0195. The Labute approximate surface area is 151 Å². The number of benzene rings is 2. The molecule has 0 aliphatic carbocycles. The van der Waals surface area contributed by atoms with Crippen LogP contribution in [0.2, 0.25) is 0 Å². The molecule has 0 aliphatic rings. The Kier molecular flexibility index (Phi) is 7.42. The lowest BCUT2D eigenvalue weighted by atomic mass is 10.1. The van der Waals surface area contributed by atoms with E-state index in [0.717, 1.165) is 5.75 Å². The maximum Gasteiger partial charge on any atom is 0.239 e. The minimum atomic E-state index is -0.398. The van der Waals surface area contributed by atoms with Crippen molar-refractivity contribution in [2.45, 2.75) is 6.42 Å². The summed E-state index contributed by atoms with van der Waals surface area (Å²) in [6.45, 7) is 0.469. The van der Waals surface area contributed by atoms with Crippen LogP contribution in [0.25, 0.3) is 0 Å². The predicted octanol–water partition coefficient (Wildman–Crippen LogP) is 1.69. The van der Waals surface area contributed by atoms with Crippen LogP contribution in [0, 0.1) is 5.82 Å². The van der Waals surface area contributed by atoms with Crippen molar-refractivity contribution in [1.29, 1.82) is 0 Å². The lowest BCUT2D eigenvalue weighted by molar-refractivity contribution is -0.125. The molecule has 2 aromatic carbocycles. The highest BCUT2D eigenvalue weighted by Gasteiger charge is 2.07. The zero-order valence-electron chi connectivity index (χ0n) is 14.5. The summed E-state index contributed by atoms with van der Waals surface area (Å²) in [4.78, 5) is 23.4. The molecule has 0 unspecified atom stereocenters. The summed E-state index contributed by atoms with van der Waals surface area (Å²) in [6, 6.07) is 12.9. The van der Waals surface area contributed by atoms with Gasteiger partial charge >= 0.3 is 0 Å². The van der Waals surface area contributed by atoms with Crippen molar-refractivity contribution in [3.05, 3.63) is 59.9 Å². The molecule has 2 aromatic rings. The Hall–Kier alpha value is -3.09. The maximum atomic E-state index is 13.1. The molecule has 0 spiro atoms. The number of rotatable bonds is 9. The van der Waals surface area contributed by atoms with E-state index in [0.29, 0.717) is 24.5 Å². The first kappa shape index (κ1) is 19.2. The van der Waals surface area contributed by atoms with E-state index in [9.17, 15) is 14.0 Å². The summed E-state index contributed by atoms with van der Waals surface area (Å²) in [5.41, 5.74) is 0.552. The average Bonchev–Trinajstić information content (AvgIpc) is 2.64. The van der Waals surface area contributed by atoms with Crippen LogP contribution < -0.4 is 20.1 Å². The highest BCUT2D eigenvalue weighted by molar-refractivity contribution is 5.85. The number of amides is 2. The molecule has 0 bridgehead atoms. The van der Waals surface area contributed by atoms with Crippen molar-refractivity contribution in [2.24, 2.45) is 0 Å². The van der Waals surface area contributed by atoms with Crippen LogP contribution in [0.15, 0.2) is 48.5 Å². The number of hydrogen-bond donors (Lipinski definition) is 2. The summed E-state index contributed by atoms with van der Waals surface area (Å²) < 4.78 is 23.6. The van der Waals surface area contributed by atoms with Crippen molar-refractivity contribution in [1.82, 2.24) is 10.6 Å². The molecule has 26 heavy (non-hydrogen) atoms. The number of methoxy groups -OCH3 is 1. The van der Waals surface area contributed by atoms with Gasteiger partial charge in [0.25, 0.3) is 0 Å². The minimum Gasteiger partial charge on any atom is -0.497 e. The molecule has 0 heterocycles. The third-order valence-electron chi connectivity index (χ3n) is 3.45. The zero-order chi connectivity index (χ0) is 18.8. The molecule has 0 aromatic heterocycles. The van der Waals surface area contributed by atoms with Gasteiger partial charge in [0.2, 0.25) is 11.8 Å². The number of carbonyl (C=O) groups is 2. The Morgan fingerprint density at radius 3 is 2.42 bits per heavy atom. The number of carbonyl (C=O) groups excluding carboxylic acids is 2. The van der Waals surface area contributed by atoms with Gasteiger partial charge in [0, 0.05) is 0 Å². The molecule has 2 rings (SSSR count). The van der Waals surface area contributed by atoms with Crippen LogP contribution in [0.1, 0.15) is 5.56 Å². The third kappa shape index (κ3) is 6.80. The Bertz CT molecular complexity index is 735. The molecule has 0 aliphatic heterocycles. The Morgan fingerprint density at radius 2 is 1.73 bits per heavy atom. The molecule has 0 radical (unpaired) electrons. The number of nitrogens with one attached hydrogen (secondary N) is 2. The standard InChI is InChI=1S/C19H21FN2O4/c1-25-16-5-7-17(8-6-16)26-10-9-21-19(24)13-22-18(23)12-14-3-2-4-15(20)11-14/h2-8,11H,9-10,12-13H2,1H3,(H,21,24)(H,22,23). The molecule has 6 nitrogen and oxygen atoms in total. The van der Waals surface area contributed by atoms with Crippen molar-refractivity contribution in [3.63, 3.8) is 0 Å². The molecular weight excluding hydrogens is 339 g/mol. The molecule has 0 saturated heterocycles. The van der Waals surface area contributed by atoms with E-state index in [1.54, 1.807) is 37.4 Å². The largest absolute Gasteiger partial charge is 0.497 e. The maximum absolute atomic E-state index is 13.1. The molecule has 0 atom stereocenters. The number of ether oxygens (including phenoxy) is 2. The van der Waals surface area contributed by atoms with E-state index in [1.807, 2.05) is 0 Å². The highest BCUT2D eigenvalue weighted by Crippen LogP contribution is 2.16. The zero-order valence-corrected chi connectivity index (χ0v) is 14.5. The van der Waals surface area contributed by atoms with Gasteiger partial charge in [-0.1, -0.05) is 12.1 Å². The van der Waals surface area contributed by atoms with Gasteiger partial charge in [-0.15, -0.1) is 0 Å². The molecule has 7 heteroatoms. The number of hydrogen-bond acceptors (Lipinski definition) is 4. The van der Waals surface area contributed by atoms with Crippen LogP contribution in [0.5, 0.6) is 11.5 Å². The van der Waals surface area contributed by atoms with Gasteiger partial charge in [0.15, 0.2) is 0 Å². The molecule has 2 N–H and O–H groups in total. The fraction of sp³-hybridized carbons (Fsp3) is 0.263. The second-order valence-electron chi connectivity index (χ2n) is 5.46. The Morgan fingerprint density at radius 1 is 1.00 bits per heavy atom. The second kappa shape index (κ2) is 10.0. The topological polar surface area (TPSA) is 76.7 Å².